The van der Waals surface area contributed by atoms with E-state index in [4.69, 9.17) is 0 Å². The van der Waals surface area contributed by atoms with Gasteiger partial charge in [-0.1, -0.05) is 30.3 Å². The summed E-state index contributed by atoms with van der Waals surface area (Å²) in [5.74, 6) is 1.07. The standard InChI is InChI=1S/C26H24F3N5/c27-26(28,29)22-9-3-1-7-20(22)25-32-23-10-4-2-8-21(23)24(33-25)31-16-18-11-14-34(15-12-18)19-6-5-13-30-17-19/h1-10,13,17-18H,11-12,14-16H2,(H,31,32,33). The van der Waals surface area contributed by atoms with Crippen LogP contribution in [-0.4, -0.2) is 34.6 Å². The number of nitrogens with zero attached hydrogens (tertiary/aromatic N) is 4. The van der Waals surface area contributed by atoms with Crippen LogP contribution in [0.3, 0.4) is 0 Å². The molecule has 34 heavy (non-hydrogen) atoms. The molecule has 0 unspecified atom stereocenters. The van der Waals surface area contributed by atoms with Crippen LogP contribution in [0.25, 0.3) is 22.3 Å². The van der Waals surface area contributed by atoms with Crippen molar-refractivity contribution >= 4 is 22.4 Å². The number of hydrogen-bond donors (Lipinski definition) is 1. The van der Waals surface area contributed by atoms with Gasteiger partial charge in [0.15, 0.2) is 5.82 Å². The Balaban J connectivity index is 1.37. The van der Waals surface area contributed by atoms with Crippen LogP contribution in [-0.2, 0) is 6.18 Å². The molecule has 0 bridgehead atoms. The zero-order valence-corrected chi connectivity index (χ0v) is 18.5. The molecule has 3 heterocycles. The molecular formula is C26H24F3N5. The normalized spacial score (nSPS) is 15.0. The monoisotopic (exact) mass is 463 g/mol. The fraction of sp³-hybridized carbons (Fsp3) is 0.269. The molecule has 8 heteroatoms. The van der Waals surface area contributed by atoms with Crippen LogP contribution in [0.1, 0.15) is 18.4 Å². The summed E-state index contributed by atoms with van der Waals surface area (Å²) in [7, 11) is 0. The van der Waals surface area contributed by atoms with E-state index in [1.807, 2.05) is 30.5 Å². The van der Waals surface area contributed by atoms with E-state index in [1.165, 1.54) is 12.1 Å². The summed E-state index contributed by atoms with van der Waals surface area (Å²) >= 11 is 0. The molecule has 5 nitrogen and oxygen atoms in total. The number of rotatable bonds is 5. The molecule has 0 amide bonds. The first-order chi connectivity index (χ1) is 16.5. The summed E-state index contributed by atoms with van der Waals surface area (Å²) < 4.78 is 40.8. The molecule has 1 fully saturated rings. The van der Waals surface area contributed by atoms with Gasteiger partial charge in [0.05, 0.1) is 23.0 Å². The number of para-hydroxylation sites is 1. The molecule has 1 aliphatic heterocycles. The average molecular weight is 464 g/mol. The van der Waals surface area contributed by atoms with Gasteiger partial charge in [-0.15, -0.1) is 0 Å². The molecule has 0 saturated carbocycles. The lowest BCUT2D eigenvalue weighted by atomic mass is 9.96. The van der Waals surface area contributed by atoms with E-state index in [0.29, 0.717) is 23.8 Å². The zero-order chi connectivity index (χ0) is 23.5. The van der Waals surface area contributed by atoms with E-state index < -0.39 is 11.7 Å². The number of benzene rings is 2. The number of pyridine rings is 1. The summed E-state index contributed by atoms with van der Waals surface area (Å²) in [5, 5.41) is 4.21. The molecule has 2 aromatic heterocycles. The fourth-order valence-electron chi connectivity index (χ4n) is 4.43. The molecule has 0 atom stereocenters. The lowest BCUT2D eigenvalue weighted by molar-refractivity contribution is -0.137. The van der Waals surface area contributed by atoms with Crippen LogP contribution in [0.2, 0.25) is 0 Å². The van der Waals surface area contributed by atoms with Crippen molar-refractivity contribution in [3.8, 4) is 11.4 Å². The quantitative estimate of drug-likeness (QED) is 0.391. The Kier molecular flexibility index (Phi) is 6.04. The van der Waals surface area contributed by atoms with E-state index in [9.17, 15) is 13.2 Å². The second-order valence-electron chi connectivity index (χ2n) is 8.48. The lowest BCUT2D eigenvalue weighted by Crippen LogP contribution is -2.35. The van der Waals surface area contributed by atoms with Crippen molar-refractivity contribution < 1.29 is 13.2 Å². The second-order valence-corrected chi connectivity index (χ2v) is 8.48. The molecule has 5 rings (SSSR count). The predicted octanol–water partition coefficient (Wildman–Crippen LogP) is 6.04. The maximum Gasteiger partial charge on any atom is 0.417 e. The van der Waals surface area contributed by atoms with Crippen LogP contribution < -0.4 is 10.2 Å². The van der Waals surface area contributed by atoms with Gasteiger partial charge in [-0.3, -0.25) is 4.98 Å². The minimum Gasteiger partial charge on any atom is -0.370 e. The number of halogens is 3. The van der Waals surface area contributed by atoms with Crippen LogP contribution in [0, 0.1) is 5.92 Å². The number of nitrogens with one attached hydrogen (secondary N) is 1. The van der Waals surface area contributed by atoms with Crippen molar-refractivity contribution in [2.75, 3.05) is 29.9 Å². The van der Waals surface area contributed by atoms with Crippen molar-refractivity contribution in [2.24, 2.45) is 5.92 Å². The SMILES string of the molecule is FC(F)(F)c1ccccc1-c1nc(NCC2CCN(c3cccnc3)CC2)c2ccccc2n1. The van der Waals surface area contributed by atoms with Crippen LogP contribution >= 0.6 is 0 Å². The van der Waals surface area contributed by atoms with Gasteiger partial charge in [0.1, 0.15) is 5.82 Å². The van der Waals surface area contributed by atoms with E-state index in [1.54, 1.807) is 18.3 Å². The maximum atomic E-state index is 13.6. The van der Waals surface area contributed by atoms with Gasteiger partial charge >= 0.3 is 6.18 Å². The first-order valence-corrected chi connectivity index (χ1v) is 11.3. The highest BCUT2D eigenvalue weighted by molar-refractivity contribution is 5.90. The summed E-state index contributed by atoms with van der Waals surface area (Å²) in [6, 6.07) is 16.9. The predicted molar refractivity (Wildman–Crippen MR) is 128 cm³/mol. The third-order valence-electron chi connectivity index (χ3n) is 6.26. The molecule has 174 valence electrons. The molecule has 1 N–H and O–H groups in total. The lowest BCUT2D eigenvalue weighted by Gasteiger charge is -2.33. The molecule has 2 aromatic carbocycles. The number of piperidine rings is 1. The maximum absolute atomic E-state index is 13.6. The summed E-state index contributed by atoms with van der Waals surface area (Å²) in [5.41, 5.74) is 0.981. The highest BCUT2D eigenvalue weighted by atomic mass is 19.4. The van der Waals surface area contributed by atoms with Crippen molar-refractivity contribution in [3.05, 3.63) is 78.6 Å². The van der Waals surface area contributed by atoms with Crippen LogP contribution in [0.5, 0.6) is 0 Å². The van der Waals surface area contributed by atoms with Gasteiger partial charge in [-0.25, -0.2) is 9.97 Å². The average Bonchev–Trinajstić information content (AvgIpc) is 2.87. The first-order valence-electron chi connectivity index (χ1n) is 11.3. The molecule has 4 aromatic rings. The second kappa shape index (κ2) is 9.29. The highest BCUT2D eigenvalue weighted by Crippen LogP contribution is 2.37. The van der Waals surface area contributed by atoms with E-state index in [0.717, 1.165) is 43.1 Å². The minimum absolute atomic E-state index is 0.0198. The van der Waals surface area contributed by atoms with Gasteiger partial charge in [-0.2, -0.15) is 13.2 Å². The van der Waals surface area contributed by atoms with Gasteiger partial charge in [0, 0.05) is 36.8 Å². The fourth-order valence-corrected chi connectivity index (χ4v) is 4.43. The van der Waals surface area contributed by atoms with Crippen molar-refractivity contribution in [1.29, 1.82) is 0 Å². The molecule has 1 aliphatic rings. The molecule has 1 saturated heterocycles. The van der Waals surface area contributed by atoms with Crippen molar-refractivity contribution in [3.63, 3.8) is 0 Å². The summed E-state index contributed by atoms with van der Waals surface area (Å²) in [4.78, 5) is 15.5. The van der Waals surface area contributed by atoms with Crippen molar-refractivity contribution in [2.45, 2.75) is 19.0 Å². The Morgan fingerprint density at radius 1 is 0.912 bits per heavy atom. The first kappa shape index (κ1) is 22.1. The van der Waals surface area contributed by atoms with Crippen LogP contribution in [0.4, 0.5) is 24.7 Å². The molecule has 0 spiro atoms. The third kappa shape index (κ3) is 4.66. The molecule has 0 aliphatic carbocycles. The zero-order valence-electron chi connectivity index (χ0n) is 18.5. The van der Waals surface area contributed by atoms with E-state index >= 15 is 0 Å². The molecule has 0 radical (unpaired) electrons. The Morgan fingerprint density at radius 3 is 2.44 bits per heavy atom. The smallest absolute Gasteiger partial charge is 0.370 e. The Labute approximate surface area is 195 Å². The Hall–Kier alpha value is -3.68. The van der Waals surface area contributed by atoms with Crippen molar-refractivity contribution in [1.82, 2.24) is 15.0 Å². The van der Waals surface area contributed by atoms with Crippen LogP contribution in [0.15, 0.2) is 73.1 Å². The van der Waals surface area contributed by atoms with E-state index in [2.05, 4.69) is 31.2 Å². The summed E-state index contributed by atoms with van der Waals surface area (Å²) in [6.45, 7) is 2.57. The number of aromatic nitrogens is 3. The Bertz CT molecular complexity index is 1270. The Morgan fingerprint density at radius 2 is 1.68 bits per heavy atom. The third-order valence-corrected chi connectivity index (χ3v) is 6.26. The topological polar surface area (TPSA) is 53.9 Å². The van der Waals surface area contributed by atoms with Gasteiger partial charge in [0.2, 0.25) is 0 Å². The molecular weight excluding hydrogens is 439 g/mol. The largest absolute Gasteiger partial charge is 0.417 e. The van der Waals surface area contributed by atoms with E-state index in [-0.39, 0.29) is 11.4 Å². The highest BCUT2D eigenvalue weighted by Gasteiger charge is 2.34. The van der Waals surface area contributed by atoms with Gasteiger partial charge < -0.3 is 10.2 Å². The number of fused-ring (bicyclic) bond motifs is 1. The number of hydrogen-bond acceptors (Lipinski definition) is 5. The number of anilines is 2. The minimum atomic E-state index is -4.48. The summed E-state index contributed by atoms with van der Waals surface area (Å²) in [6.07, 6.45) is 1.18. The van der Waals surface area contributed by atoms with Gasteiger partial charge in [-0.05, 0) is 49.1 Å². The number of alkyl halides is 3. The van der Waals surface area contributed by atoms with Gasteiger partial charge in [0.25, 0.3) is 0 Å².